The van der Waals surface area contributed by atoms with Gasteiger partial charge in [0.2, 0.25) is 5.91 Å². The van der Waals surface area contributed by atoms with Gasteiger partial charge in [-0.15, -0.1) is 11.3 Å². The number of hydrogen-bond acceptors (Lipinski definition) is 5. The highest BCUT2D eigenvalue weighted by molar-refractivity contribution is 7.17. The number of fused-ring (bicyclic) bond motifs is 1. The van der Waals surface area contributed by atoms with Crippen molar-refractivity contribution in [1.29, 1.82) is 0 Å². The fraction of sp³-hybridized carbons (Fsp3) is 0.571. The van der Waals surface area contributed by atoms with Crippen molar-refractivity contribution < 1.29 is 19.1 Å². The van der Waals surface area contributed by atoms with Crippen LogP contribution in [0.1, 0.15) is 27.2 Å². The number of ether oxygens (including phenoxy) is 2. The summed E-state index contributed by atoms with van der Waals surface area (Å²) in [5.74, 6) is -0.293. The van der Waals surface area contributed by atoms with E-state index in [2.05, 4.69) is 5.32 Å². The molecule has 2 aliphatic rings. The Morgan fingerprint density at radius 3 is 3.05 bits per heavy atom. The van der Waals surface area contributed by atoms with E-state index in [-0.39, 0.29) is 17.7 Å². The molecule has 6 nitrogen and oxygen atoms in total. The van der Waals surface area contributed by atoms with Crippen molar-refractivity contribution in [2.75, 3.05) is 25.6 Å². The summed E-state index contributed by atoms with van der Waals surface area (Å²) in [6.45, 7) is 1.65. The molecule has 2 amide bonds. The minimum atomic E-state index is -0.492. The molecule has 0 aromatic carbocycles. The summed E-state index contributed by atoms with van der Waals surface area (Å²) < 4.78 is 10.4. The molecule has 0 bridgehead atoms. The van der Waals surface area contributed by atoms with Crippen molar-refractivity contribution >= 4 is 28.2 Å². The number of carbonyl (C=O) groups is 2. The second kappa shape index (κ2) is 5.75. The third-order valence-corrected chi connectivity index (χ3v) is 5.06. The van der Waals surface area contributed by atoms with Gasteiger partial charge in [-0.2, -0.15) is 0 Å². The maximum atomic E-state index is 12.2. The number of rotatable bonds is 5. The van der Waals surface area contributed by atoms with Crippen LogP contribution in [0.4, 0.5) is 5.00 Å². The Balaban J connectivity index is 1.78. The van der Waals surface area contributed by atoms with Gasteiger partial charge in [0.15, 0.2) is 0 Å². The molecule has 1 aromatic rings. The van der Waals surface area contributed by atoms with E-state index < -0.39 is 5.91 Å². The standard InChI is InChI=1S/C14H18N2O4S/c1-19-5-7-4-9(7)13(18)16-14-11(12(15)17)8-2-3-20-6-10(8)21-14/h7,9H,2-6H2,1H3,(H2,15,17)(H,16,18). The smallest absolute Gasteiger partial charge is 0.251 e. The maximum absolute atomic E-state index is 12.2. The van der Waals surface area contributed by atoms with E-state index in [4.69, 9.17) is 15.2 Å². The van der Waals surface area contributed by atoms with E-state index in [1.807, 2.05) is 0 Å². The number of amides is 2. The minimum absolute atomic E-state index is 0.0268. The molecule has 0 spiro atoms. The molecule has 1 aliphatic carbocycles. The highest BCUT2D eigenvalue weighted by atomic mass is 32.1. The fourth-order valence-corrected chi connectivity index (χ4v) is 3.95. The Kier molecular flexibility index (Phi) is 3.97. The van der Waals surface area contributed by atoms with Crippen LogP contribution in [0, 0.1) is 11.8 Å². The van der Waals surface area contributed by atoms with E-state index in [0.29, 0.717) is 36.8 Å². The number of anilines is 1. The SMILES string of the molecule is COCC1CC1C(=O)Nc1sc2c(c1C(N)=O)CCOC2. The molecule has 3 rings (SSSR count). The molecule has 1 fully saturated rings. The van der Waals surface area contributed by atoms with Crippen LogP contribution in [0.5, 0.6) is 0 Å². The van der Waals surface area contributed by atoms with Crippen LogP contribution in [0.25, 0.3) is 0 Å². The van der Waals surface area contributed by atoms with Gasteiger partial charge in [-0.3, -0.25) is 9.59 Å². The number of methoxy groups -OCH3 is 1. The lowest BCUT2D eigenvalue weighted by Gasteiger charge is -2.12. The largest absolute Gasteiger partial charge is 0.384 e. The van der Waals surface area contributed by atoms with Crippen molar-refractivity contribution in [2.24, 2.45) is 17.6 Å². The van der Waals surface area contributed by atoms with Crippen LogP contribution in [0.2, 0.25) is 0 Å². The Morgan fingerprint density at radius 2 is 2.33 bits per heavy atom. The quantitative estimate of drug-likeness (QED) is 0.853. The predicted molar refractivity (Wildman–Crippen MR) is 78.3 cm³/mol. The number of primary amides is 1. The van der Waals surface area contributed by atoms with Crippen LogP contribution in [-0.2, 0) is 27.3 Å². The lowest BCUT2D eigenvalue weighted by molar-refractivity contribution is -0.117. The fourth-order valence-electron chi connectivity index (χ4n) is 2.75. The zero-order valence-electron chi connectivity index (χ0n) is 11.8. The summed E-state index contributed by atoms with van der Waals surface area (Å²) in [5.41, 5.74) is 6.86. The van der Waals surface area contributed by atoms with E-state index in [1.165, 1.54) is 11.3 Å². The van der Waals surface area contributed by atoms with Gasteiger partial charge < -0.3 is 20.5 Å². The Bertz CT molecular complexity index is 584. The lowest BCUT2D eigenvalue weighted by Crippen LogP contribution is -2.20. The summed E-state index contributed by atoms with van der Waals surface area (Å²) in [6.07, 6.45) is 1.50. The van der Waals surface area contributed by atoms with E-state index in [0.717, 1.165) is 16.9 Å². The molecule has 0 saturated heterocycles. The van der Waals surface area contributed by atoms with E-state index >= 15 is 0 Å². The molecule has 2 unspecified atom stereocenters. The van der Waals surface area contributed by atoms with Gasteiger partial charge in [0.25, 0.3) is 5.91 Å². The predicted octanol–water partition coefficient (Wildman–Crippen LogP) is 1.14. The van der Waals surface area contributed by atoms with Gasteiger partial charge in [0, 0.05) is 24.5 Å². The normalized spacial score (nSPS) is 23.5. The highest BCUT2D eigenvalue weighted by Crippen LogP contribution is 2.41. The molecule has 3 N–H and O–H groups in total. The molecular weight excluding hydrogens is 292 g/mol. The molecule has 21 heavy (non-hydrogen) atoms. The highest BCUT2D eigenvalue weighted by Gasteiger charge is 2.43. The molecule has 114 valence electrons. The summed E-state index contributed by atoms with van der Waals surface area (Å²) in [5, 5.41) is 3.43. The minimum Gasteiger partial charge on any atom is -0.384 e. The summed E-state index contributed by atoms with van der Waals surface area (Å²) in [6, 6.07) is 0. The van der Waals surface area contributed by atoms with Crippen LogP contribution in [0.15, 0.2) is 0 Å². The first-order valence-electron chi connectivity index (χ1n) is 6.93. The first-order chi connectivity index (χ1) is 10.1. The van der Waals surface area contributed by atoms with E-state index in [9.17, 15) is 9.59 Å². The van der Waals surface area contributed by atoms with Crippen molar-refractivity contribution in [3.8, 4) is 0 Å². The van der Waals surface area contributed by atoms with E-state index in [1.54, 1.807) is 7.11 Å². The first kappa shape index (κ1) is 14.5. The zero-order chi connectivity index (χ0) is 15.0. The van der Waals surface area contributed by atoms with Gasteiger partial charge in [-0.1, -0.05) is 0 Å². The second-order valence-electron chi connectivity index (χ2n) is 5.42. The first-order valence-corrected chi connectivity index (χ1v) is 7.75. The Morgan fingerprint density at radius 1 is 1.52 bits per heavy atom. The third kappa shape index (κ3) is 2.81. The Labute approximate surface area is 126 Å². The van der Waals surface area contributed by atoms with Gasteiger partial charge in [0.05, 0.1) is 18.8 Å². The molecule has 1 aliphatic heterocycles. The summed E-state index contributed by atoms with van der Waals surface area (Å²) in [7, 11) is 1.63. The molecule has 0 radical (unpaired) electrons. The molecular formula is C14H18N2O4S. The lowest BCUT2D eigenvalue weighted by atomic mass is 10.1. The van der Waals surface area contributed by atoms with Crippen LogP contribution >= 0.6 is 11.3 Å². The molecule has 2 atom stereocenters. The van der Waals surface area contributed by atoms with Crippen molar-refractivity contribution in [1.82, 2.24) is 0 Å². The van der Waals surface area contributed by atoms with Crippen molar-refractivity contribution in [3.05, 3.63) is 16.0 Å². The second-order valence-corrected chi connectivity index (χ2v) is 6.53. The van der Waals surface area contributed by atoms with Crippen molar-refractivity contribution in [2.45, 2.75) is 19.4 Å². The van der Waals surface area contributed by atoms with Gasteiger partial charge in [0.1, 0.15) is 5.00 Å². The monoisotopic (exact) mass is 310 g/mol. The molecule has 2 heterocycles. The topological polar surface area (TPSA) is 90.6 Å². The number of carbonyl (C=O) groups excluding carboxylic acids is 2. The zero-order valence-corrected chi connectivity index (χ0v) is 12.6. The van der Waals surface area contributed by atoms with Crippen molar-refractivity contribution in [3.63, 3.8) is 0 Å². The average molecular weight is 310 g/mol. The van der Waals surface area contributed by atoms with Crippen LogP contribution < -0.4 is 11.1 Å². The number of nitrogens with one attached hydrogen (secondary N) is 1. The molecule has 1 aromatic heterocycles. The number of thiophene rings is 1. The average Bonchev–Trinajstić information content (AvgIpc) is 3.11. The Hall–Kier alpha value is -1.44. The van der Waals surface area contributed by atoms with Gasteiger partial charge in [-0.05, 0) is 24.3 Å². The number of nitrogens with two attached hydrogens (primary N) is 1. The summed E-state index contributed by atoms with van der Waals surface area (Å²) in [4.78, 5) is 24.9. The van der Waals surface area contributed by atoms with Crippen LogP contribution in [0.3, 0.4) is 0 Å². The molecule has 1 saturated carbocycles. The van der Waals surface area contributed by atoms with Gasteiger partial charge >= 0.3 is 0 Å². The third-order valence-electron chi connectivity index (χ3n) is 3.94. The van der Waals surface area contributed by atoms with Crippen LogP contribution in [-0.4, -0.2) is 32.1 Å². The summed E-state index contributed by atoms with van der Waals surface area (Å²) >= 11 is 1.39. The molecule has 7 heteroatoms. The van der Waals surface area contributed by atoms with Gasteiger partial charge in [-0.25, -0.2) is 0 Å². The maximum Gasteiger partial charge on any atom is 0.251 e. The number of hydrogen-bond donors (Lipinski definition) is 2.